The molecular weight excluding hydrogens is 1120 g/mol. The molecule has 0 radical (unpaired) electrons. The summed E-state index contributed by atoms with van der Waals surface area (Å²) in [6.07, 6.45) is 5.24. The summed E-state index contributed by atoms with van der Waals surface area (Å²) in [6.45, 7) is 7.27. The lowest BCUT2D eigenvalue weighted by atomic mass is 9.99. The topological polar surface area (TPSA) is 303 Å². The predicted molar refractivity (Wildman–Crippen MR) is 319 cm³/mol. The van der Waals surface area contributed by atoms with E-state index < -0.39 is 64.8 Å². The van der Waals surface area contributed by atoms with Crippen molar-refractivity contribution < 1.29 is 52.6 Å². The number of fused-ring (bicyclic) bond motifs is 1. The molecule has 2 aliphatic heterocycles. The Hall–Kier alpha value is -7.65. The number of unbranched alkanes of at least 4 members (excludes halogenated alkanes) is 2. The number of pyridine rings is 1. The fourth-order valence-corrected chi connectivity index (χ4v) is 9.57. The van der Waals surface area contributed by atoms with Gasteiger partial charge in [-0.1, -0.05) is 67.9 Å². The van der Waals surface area contributed by atoms with Crippen molar-refractivity contribution in [1.82, 2.24) is 45.3 Å². The maximum atomic E-state index is 15.5. The van der Waals surface area contributed by atoms with E-state index in [4.69, 9.17) is 10.5 Å². The number of carboxylic acids is 1. The molecule has 444 valence electrons. The number of primary amides is 1. The van der Waals surface area contributed by atoms with Crippen LogP contribution in [0.25, 0.3) is 10.9 Å². The van der Waals surface area contributed by atoms with E-state index in [1.807, 2.05) is 44.2 Å². The first-order valence-corrected chi connectivity index (χ1v) is 26.5. The Bertz CT molecular complexity index is 3090. The van der Waals surface area contributed by atoms with Gasteiger partial charge in [0.2, 0.25) is 35.0 Å². The smallest absolute Gasteiger partial charge is 0.410 e. The molecule has 4 heterocycles. The molecule has 7 rings (SSSR count). The standard InChI is InChI=1S/C55H67FN12O11.3H2S/c1-4-64-31-39(53(75)76)50(72)38-29-40(56)45(30-44(38)64)65-24-26-66(27-25-65)55(78)79-33-36-16-18-37(19-17-36)59-52(74)43(14-11-22-58-54(57)77)68-32-42(62-63-68)49(34(2)3)61-51(73)41(28-35-12-7-5-8-13-35)60-46(69)15-9-6-10-23-67-47(70)20-21-48(67)71;;;/h5,7-8,12-13,16-19,29-32,34,41,43,49H,4,6,9-11,14-15,20-28,33H2,1-3H3,(H,59,74)(H,60,69)(H,61,73)(H,75,76)(H3,57,58,77);3*1H2/t41-,43-,49-;;;/m0.../s1. The zero-order valence-electron chi connectivity index (χ0n) is 46.0. The largest absolute Gasteiger partial charge is 0.477 e. The van der Waals surface area contributed by atoms with Crippen molar-refractivity contribution in [2.75, 3.05) is 49.5 Å². The summed E-state index contributed by atoms with van der Waals surface area (Å²) in [7, 11) is 0. The fraction of sp³-hybridized carbons (Fsp3) is 0.436. The minimum atomic E-state index is -1.40. The van der Waals surface area contributed by atoms with Crippen LogP contribution in [0.5, 0.6) is 0 Å². The van der Waals surface area contributed by atoms with Crippen molar-refractivity contribution in [2.45, 2.75) is 110 Å². The summed E-state index contributed by atoms with van der Waals surface area (Å²) < 4.78 is 24.0. The van der Waals surface area contributed by atoms with Crippen LogP contribution in [0.15, 0.2) is 83.9 Å². The van der Waals surface area contributed by atoms with Crippen LogP contribution < -0.4 is 37.3 Å². The Kier molecular flexibility index (Phi) is 25.7. The number of nitrogens with one attached hydrogen (secondary N) is 4. The molecule has 27 heteroatoms. The summed E-state index contributed by atoms with van der Waals surface area (Å²) in [5, 5.41) is 29.5. The van der Waals surface area contributed by atoms with Crippen LogP contribution in [0, 0.1) is 11.7 Å². The van der Waals surface area contributed by atoms with Gasteiger partial charge in [0.25, 0.3) is 0 Å². The molecule has 8 amide bonds. The van der Waals surface area contributed by atoms with Crippen molar-refractivity contribution in [3.05, 3.63) is 118 Å². The number of amides is 8. The maximum Gasteiger partial charge on any atom is 0.410 e. The quantitative estimate of drug-likeness (QED) is 0.0326. The van der Waals surface area contributed by atoms with E-state index in [0.29, 0.717) is 61.2 Å². The molecule has 0 spiro atoms. The number of piperazine rings is 1. The summed E-state index contributed by atoms with van der Waals surface area (Å²) in [4.78, 5) is 119. The summed E-state index contributed by atoms with van der Waals surface area (Å²) in [5.74, 6) is -3.90. The molecule has 2 fully saturated rings. The van der Waals surface area contributed by atoms with Gasteiger partial charge in [0.1, 0.15) is 35.8 Å². The van der Waals surface area contributed by atoms with Crippen molar-refractivity contribution in [3.63, 3.8) is 0 Å². The molecule has 2 aromatic heterocycles. The van der Waals surface area contributed by atoms with Crippen LogP contribution in [0.3, 0.4) is 0 Å². The monoisotopic (exact) mass is 1190 g/mol. The van der Waals surface area contributed by atoms with Gasteiger partial charge in [0, 0.05) is 88.8 Å². The number of hydrogen-bond donors (Lipinski definition) is 6. The van der Waals surface area contributed by atoms with E-state index in [0.717, 1.165) is 11.6 Å². The van der Waals surface area contributed by atoms with Crippen molar-refractivity contribution in [3.8, 4) is 0 Å². The summed E-state index contributed by atoms with van der Waals surface area (Å²) in [5.41, 5.74) is 6.92. The minimum absolute atomic E-state index is 0. The van der Waals surface area contributed by atoms with E-state index in [1.54, 1.807) is 46.9 Å². The van der Waals surface area contributed by atoms with Gasteiger partial charge in [-0.25, -0.2) is 23.5 Å². The number of aromatic carboxylic acids is 1. The minimum Gasteiger partial charge on any atom is -0.477 e. The molecule has 2 saturated heterocycles. The average Bonchev–Trinajstić information content (AvgIpc) is 4.04. The summed E-state index contributed by atoms with van der Waals surface area (Å²) >= 11 is 0. The third-order valence-corrected chi connectivity index (χ3v) is 13.9. The molecule has 3 atom stereocenters. The molecule has 82 heavy (non-hydrogen) atoms. The van der Waals surface area contributed by atoms with Gasteiger partial charge in [0.15, 0.2) is 0 Å². The number of rotatable bonds is 25. The van der Waals surface area contributed by atoms with Crippen LogP contribution in [0.1, 0.15) is 111 Å². The number of nitrogens with zero attached hydrogens (tertiary/aromatic N) is 7. The molecule has 0 unspecified atom stereocenters. The molecular formula is C55H73FN12O11S3. The van der Waals surface area contributed by atoms with Gasteiger partial charge in [0.05, 0.1) is 23.4 Å². The highest BCUT2D eigenvalue weighted by atomic mass is 32.1. The van der Waals surface area contributed by atoms with Crippen molar-refractivity contribution in [2.24, 2.45) is 11.7 Å². The zero-order valence-corrected chi connectivity index (χ0v) is 49.0. The number of hydrogen-bond acceptors (Lipinski definition) is 13. The first kappa shape index (κ1) is 66.9. The average molecular weight is 1190 g/mol. The summed E-state index contributed by atoms with van der Waals surface area (Å²) in [6, 6.07) is 15.2. The zero-order chi connectivity index (χ0) is 56.8. The number of benzene rings is 3. The van der Waals surface area contributed by atoms with Crippen LogP contribution in [-0.4, -0.2) is 127 Å². The molecule has 0 aliphatic carbocycles. The van der Waals surface area contributed by atoms with Crippen LogP contribution >= 0.6 is 40.5 Å². The van der Waals surface area contributed by atoms with E-state index in [1.165, 1.54) is 26.7 Å². The molecule has 23 nitrogen and oxygen atoms in total. The number of likely N-dealkylation sites (tertiary alicyclic amines) is 1. The first-order valence-electron chi connectivity index (χ1n) is 26.5. The molecule has 7 N–H and O–H groups in total. The lowest BCUT2D eigenvalue weighted by Gasteiger charge is -2.35. The van der Waals surface area contributed by atoms with Gasteiger partial charge < -0.3 is 51.2 Å². The molecule has 0 saturated carbocycles. The second kappa shape index (κ2) is 31.5. The van der Waals surface area contributed by atoms with Gasteiger partial charge in [-0.05, 0) is 73.9 Å². The van der Waals surface area contributed by atoms with Crippen LogP contribution in [0.4, 0.5) is 25.4 Å². The Morgan fingerprint density at radius 2 is 1.50 bits per heavy atom. The van der Waals surface area contributed by atoms with Crippen LogP contribution in [-0.2, 0) is 48.3 Å². The Balaban J connectivity index is 0.00000482. The number of anilines is 2. The third-order valence-electron chi connectivity index (χ3n) is 13.9. The first-order chi connectivity index (χ1) is 37.9. The normalized spacial score (nSPS) is 14.2. The van der Waals surface area contributed by atoms with E-state index in [9.17, 15) is 48.3 Å². The number of ether oxygens (including phenoxy) is 1. The Labute approximate surface area is 494 Å². The highest BCUT2D eigenvalue weighted by Crippen LogP contribution is 2.28. The number of halogens is 1. The van der Waals surface area contributed by atoms with Gasteiger partial charge >= 0.3 is 18.1 Å². The number of urea groups is 1. The van der Waals surface area contributed by atoms with E-state index in [-0.39, 0.29) is 147 Å². The highest BCUT2D eigenvalue weighted by molar-refractivity contribution is 7.59. The van der Waals surface area contributed by atoms with Gasteiger partial charge in [-0.15, -0.1) is 5.10 Å². The molecule has 2 aliphatic rings. The van der Waals surface area contributed by atoms with Crippen molar-refractivity contribution in [1.29, 1.82) is 0 Å². The van der Waals surface area contributed by atoms with Crippen LogP contribution in [0.2, 0.25) is 0 Å². The van der Waals surface area contributed by atoms with E-state index >= 15 is 4.39 Å². The van der Waals surface area contributed by atoms with Gasteiger partial charge in [-0.3, -0.25) is 33.7 Å². The van der Waals surface area contributed by atoms with E-state index in [2.05, 4.69) is 31.6 Å². The number of carboxylic acid groups (broad SMARTS) is 1. The second-order valence-electron chi connectivity index (χ2n) is 19.9. The Morgan fingerprint density at radius 3 is 2.13 bits per heavy atom. The third kappa shape index (κ3) is 17.7. The molecule has 5 aromatic rings. The SMILES string of the molecule is CCn1cc(C(=O)O)c(=O)c2cc(F)c(N3CCN(C(=O)OCc4ccc(NC(=O)[C@H](CCCNC(N)=O)n5cc([C@@H](NC(=O)[C@H](Cc6ccccc6)NC(=O)CCCCCN6C(=O)CCC6=O)C(C)C)nn5)cc4)CC3)cc21.S.S.S. The molecule has 0 bridgehead atoms. The lowest BCUT2D eigenvalue weighted by Crippen LogP contribution is -2.49. The predicted octanol–water partition coefficient (Wildman–Crippen LogP) is 5.13. The number of aryl methyl sites for hydroxylation is 1. The fourth-order valence-electron chi connectivity index (χ4n) is 9.57. The number of carbonyl (C=O) groups is 8. The Morgan fingerprint density at radius 1 is 0.817 bits per heavy atom. The van der Waals surface area contributed by atoms with Crippen molar-refractivity contribution >= 4 is 110 Å². The maximum absolute atomic E-state index is 15.5. The number of imide groups is 1. The van der Waals surface area contributed by atoms with Gasteiger partial charge in [-0.2, -0.15) is 40.5 Å². The number of aromatic nitrogens is 4. The number of nitrogens with two attached hydrogens (primary N) is 1. The second-order valence-corrected chi connectivity index (χ2v) is 19.9. The number of carbonyl (C=O) groups excluding carboxylic acids is 7. The molecule has 3 aromatic carbocycles. The highest BCUT2D eigenvalue weighted by Gasteiger charge is 2.31. The lowest BCUT2D eigenvalue weighted by molar-refractivity contribution is -0.138.